The Morgan fingerprint density at radius 1 is 1.30 bits per heavy atom. The van der Waals surface area contributed by atoms with E-state index in [0.29, 0.717) is 13.2 Å². The van der Waals surface area contributed by atoms with Gasteiger partial charge in [-0.05, 0) is 45.4 Å². The fraction of sp³-hybridized carbons (Fsp3) is 0.533. The number of rotatable bonds is 8. The van der Waals surface area contributed by atoms with Crippen LogP contribution in [-0.2, 0) is 4.79 Å². The van der Waals surface area contributed by atoms with Crippen LogP contribution in [0.15, 0.2) is 24.3 Å². The summed E-state index contributed by atoms with van der Waals surface area (Å²) in [4.78, 5) is 13.9. The minimum atomic E-state index is -0.0592. The molecular weight excluding hydrogens is 254 g/mol. The van der Waals surface area contributed by atoms with Gasteiger partial charge in [0, 0.05) is 24.7 Å². The van der Waals surface area contributed by atoms with E-state index < -0.39 is 0 Å². The molecule has 0 bridgehead atoms. The summed E-state index contributed by atoms with van der Waals surface area (Å²) in [6.07, 6.45) is 0. The molecule has 0 aromatic heterocycles. The number of nitrogens with one attached hydrogen (secondary N) is 2. The van der Waals surface area contributed by atoms with Crippen LogP contribution in [0.3, 0.4) is 0 Å². The van der Waals surface area contributed by atoms with Crippen molar-refractivity contribution in [2.24, 2.45) is 5.92 Å². The standard InChI is InChI=1S/C15H25N3O2/c1-12(11-16-2)15(19)17-13-5-7-14(8-6-13)20-10-9-18(3)4/h5-8,12,16H,9-11H2,1-4H3,(H,17,19). The van der Waals surface area contributed by atoms with E-state index in [4.69, 9.17) is 4.74 Å². The molecule has 1 rings (SSSR count). The van der Waals surface area contributed by atoms with Gasteiger partial charge in [0.15, 0.2) is 0 Å². The molecule has 0 spiro atoms. The monoisotopic (exact) mass is 279 g/mol. The molecule has 1 unspecified atom stereocenters. The van der Waals surface area contributed by atoms with Gasteiger partial charge in [-0.2, -0.15) is 0 Å². The Balaban J connectivity index is 2.44. The highest BCUT2D eigenvalue weighted by Gasteiger charge is 2.11. The van der Waals surface area contributed by atoms with Gasteiger partial charge in [0.05, 0.1) is 0 Å². The lowest BCUT2D eigenvalue weighted by molar-refractivity contribution is -0.119. The molecule has 20 heavy (non-hydrogen) atoms. The van der Waals surface area contributed by atoms with Gasteiger partial charge in [-0.3, -0.25) is 4.79 Å². The fourth-order valence-electron chi connectivity index (χ4n) is 1.64. The molecule has 1 atom stereocenters. The van der Waals surface area contributed by atoms with Crippen molar-refractivity contribution in [3.63, 3.8) is 0 Å². The van der Waals surface area contributed by atoms with Crippen LogP contribution in [0.4, 0.5) is 5.69 Å². The van der Waals surface area contributed by atoms with Gasteiger partial charge in [-0.25, -0.2) is 0 Å². The molecule has 2 N–H and O–H groups in total. The fourth-order valence-corrected chi connectivity index (χ4v) is 1.64. The van der Waals surface area contributed by atoms with Crippen molar-refractivity contribution in [1.82, 2.24) is 10.2 Å². The quantitative estimate of drug-likeness (QED) is 0.756. The average Bonchev–Trinajstić information content (AvgIpc) is 2.40. The molecule has 0 aliphatic carbocycles. The van der Waals surface area contributed by atoms with Crippen molar-refractivity contribution in [2.75, 3.05) is 46.2 Å². The Labute approximate surface area is 121 Å². The number of likely N-dealkylation sites (N-methyl/N-ethyl adjacent to an activating group) is 1. The first kappa shape index (κ1) is 16.5. The Bertz CT molecular complexity index is 404. The molecule has 0 saturated heterocycles. The van der Waals surface area contributed by atoms with Gasteiger partial charge in [0.2, 0.25) is 5.91 Å². The van der Waals surface area contributed by atoms with Crippen LogP contribution in [0, 0.1) is 5.92 Å². The SMILES string of the molecule is CNCC(C)C(=O)Nc1ccc(OCCN(C)C)cc1. The van der Waals surface area contributed by atoms with Crippen LogP contribution in [0.1, 0.15) is 6.92 Å². The zero-order chi connectivity index (χ0) is 15.0. The highest BCUT2D eigenvalue weighted by molar-refractivity contribution is 5.92. The van der Waals surface area contributed by atoms with Crippen molar-refractivity contribution in [2.45, 2.75) is 6.92 Å². The van der Waals surface area contributed by atoms with Crippen LogP contribution in [0.25, 0.3) is 0 Å². The Hall–Kier alpha value is -1.59. The van der Waals surface area contributed by atoms with Gasteiger partial charge < -0.3 is 20.3 Å². The van der Waals surface area contributed by atoms with Gasteiger partial charge >= 0.3 is 0 Å². The molecule has 112 valence electrons. The van der Waals surface area contributed by atoms with E-state index in [1.165, 1.54) is 0 Å². The van der Waals surface area contributed by atoms with E-state index in [9.17, 15) is 4.79 Å². The number of ether oxygens (including phenoxy) is 1. The number of carbonyl (C=O) groups excluding carboxylic acids is 1. The molecule has 1 aromatic carbocycles. The van der Waals surface area contributed by atoms with Crippen LogP contribution in [-0.4, -0.2) is 51.6 Å². The number of carbonyl (C=O) groups is 1. The summed E-state index contributed by atoms with van der Waals surface area (Å²) >= 11 is 0. The first-order valence-corrected chi connectivity index (χ1v) is 6.86. The topological polar surface area (TPSA) is 53.6 Å². The molecule has 5 nitrogen and oxygen atoms in total. The summed E-state index contributed by atoms with van der Waals surface area (Å²) in [5, 5.41) is 5.88. The van der Waals surface area contributed by atoms with Crippen LogP contribution < -0.4 is 15.4 Å². The summed E-state index contributed by atoms with van der Waals surface area (Å²) in [5.74, 6) is 0.768. The second-order valence-corrected chi connectivity index (χ2v) is 5.12. The van der Waals surface area contributed by atoms with E-state index in [2.05, 4.69) is 15.5 Å². The number of benzene rings is 1. The van der Waals surface area contributed by atoms with E-state index in [1.807, 2.05) is 52.3 Å². The number of amides is 1. The maximum Gasteiger partial charge on any atom is 0.228 e. The lowest BCUT2D eigenvalue weighted by Crippen LogP contribution is -2.28. The van der Waals surface area contributed by atoms with Gasteiger partial charge in [-0.1, -0.05) is 6.92 Å². The lowest BCUT2D eigenvalue weighted by Gasteiger charge is -2.13. The molecule has 1 amide bonds. The highest BCUT2D eigenvalue weighted by Crippen LogP contribution is 2.16. The Morgan fingerprint density at radius 2 is 1.95 bits per heavy atom. The van der Waals surface area contributed by atoms with E-state index in [0.717, 1.165) is 18.0 Å². The summed E-state index contributed by atoms with van der Waals surface area (Å²) < 4.78 is 5.60. The molecular formula is C15H25N3O2. The average molecular weight is 279 g/mol. The third-order valence-electron chi connectivity index (χ3n) is 2.89. The van der Waals surface area contributed by atoms with Crippen LogP contribution >= 0.6 is 0 Å². The van der Waals surface area contributed by atoms with Crippen molar-refractivity contribution in [1.29, 1.82) is 0 Å². The first-order chi connectivity index (χ1) is 9.52. The normalized spacial score (nSPS) is 12.2. The van der Waals surface area contributed by atoms with Gasteiger partial charge in [0.1, 0.15) is 12.4 Å². The molecule has 1 aromatic rings. The van der Waals surface area contributed by atoms with E-state index in [1.54, 1.807) is 0 Å². The number of hydrogen-bond donors (Lipinski definition) is 2. The first-order valence-electron chi connectivity index (χ1n) is 6.86. The number of nitrogens with zero attached hydrogens (tertiary/aromatic N) is 1. The Morgan fingerprint density at radius 3 is 2.50 bits per heavy atom. The minimum Gasteiger partial charge on any atom is -0.492 e. The van der Waals surface area contributed by atoms with Gasteiger partial charge in [-0.15, -0.1) is 0 Å². The predicted octanol–water partition coefficient (Wildman–Crippen LogP) is 1.42. The van der Waals surface area contributed by atoms with E-state index in [-0.39, 0.29) is 11.8 Å². The lowest BCUT2D eigenvalue weighted by atomic mass is 10.1. The minimum absolute atomic E-state index is 0.0145. The smallest absolute Gasteiger partial charge is 0.228 e. The van der Waals surface area contributed by atoms with Crippen LogP contribution in [0.5, 0.6) is 5.75 Å². The molecule has 0 saturated carbocycles. The second-order valence-electron chi connectivity index (χ2n) is 5.12. The molecule has 0 aliphatic rings. The van der Waals surface area contributed by atoms with Crippen molar-refractivity contribution in [3.8, 4) is 5.75 Å². The predicted molar refractivity (Wildman–Crippen MR) is 82.2 cm³/mol. The highest BCUT2D eigenvalue weighted by atomic mass is 16.5. The second kappa shape index (κ2) is 8.55. The maximum absolute atomic E-state index is 11.8. The molecule has 0 radical (unpaired) electrons. The molecule has 0 heterocycles. The zero-order valence-electron chi connectivity index (χ0n) is 12.8. The van der Waals surface area contributed by atoms with E-state index >= 15 is 0 Å². The van der Waals surface area contributed by atoms with Gasteiger partial charge in [0.25, 0.3) is 0 Å². The number of anilines is 1. The molecule has 0 aliphatic heterocycles. The summed E-state index contributed by atoms with van der Waals surface area (Å²) in [5.41, 5.74) is 0.790. The largest absolute Gasteiger partial charge is 0.492 e. The van der Waals surface area contributed by atoms with Crippen molar-refractivity contribution in [3.05, 3.63) is 24.3 Å². The third-order valence-corrected chi connectivity index (χ3v) is 2.89. The summed E-state index contributed by atoms with van der Waals surface area (Å²) in [6, 6.07) is 7.45. The van der Waals surface area contributed by atoms with Crippen molar-refractivity contribution >= 4 is 11.6 Å². The maximum atomic E-state index is 11.8. The third kappa shape index (κ3) is 6.04. The van der Waals surface area contributed by atoms with Crippen molar-refractivity contribution < 1.29 is 9.53 Å². The number of hydrogen-bond acceptors (Lipinski definition) is 4. The summed E-state index contributed by atoms with van der Waals surface area (Å²) in [6.45, 7) is 4.08. The molecule has 0 fully saturated rings. The van der Waals surface area contributed by atoms with Crippen LogP contribution in [0.2, 0.25) is 0 Å². The Kier molecular flexibility index (Phi) is 7.04. The molecule has 5 heteroatoms. The summed E-state index contributed by atoms with van der Waals surface area (Å²) in [7, 11) is 5.85. The zero-order valence-corrected chi connectivity index (χ0v) is 12.8.